The molecule has 0 bridgehead atoms. The Hall–Kier alpha value is -3.31. The molecule has 11 heteroatoms. The Morgan fingerprint density at radius 1 is 1.12 bits per heavy atom. The fourth-order valence-electron chi connectivity index (χ4n) is 6.31. The smallest absolute Gasteiger partial charge is 0.306 e. The lowest BCUT2D eigenvalue weighted by atomic mass is 9.87. The lowest BCUT2D eigenvalue weighted by Gasteiger charge is -2.43. The summed E-state index contributed by atoms with van der Waals surface area (Å²) in [6.45, 7) is 0.927. The number of para-hydroxylation sites is 1. The van der Waals surface area contributed by atoms with E-state index < -0.39 is 35.7 Å². The zero-order valence-electron chi connectivity index (χ0n) is 24.4. The van der Waals surface area contributed by atoms with E-state index >= 15 is 4.39 Å². The van der Waals surface area contributed by atoms with E-state index in [0.717, 1.165) is 23.7 Å². The van der Waals surface area contributed by atoms with Crippen LogP contribution < -0.4 is 5.32 Å². The minimum Gasteiger partial charge on any atom is -0.481 e. The number of nitrogens with one attached hydrogen (secondary N) is 1. The van der Waals surface area contributed by atoms with Gasteiger partial charge in [0.15, 0.2) is 6.17 Å². The number of benzene rings is 2. The molecule has 0 spiro atoms. The van der Waals surface area contributed by atoms with Gasteiger partial charge in [0, 0.05) is 44.3 Å². The average Bonchev–Trinajstić information content (AvgIpc) is 3.66. The number of carbonyl (C=O) groups is 3. The van der Waals surface area contributed by atoms with Crippen LogP contribution in [0.1, 0.15) is 60.6 Å². The molecule has 9 nitrogen and oxygen atoms in total. The molecule has 1 aromatic heterocycles. The first-order valence-corrected chi connectivity index (χ1v) is 15.0. The van der Waals surface area contributed by atoms with Crippen LogP contribution in [0.15, 0.2) is 48.7 Å². The monoisotopic (exact) mass is 613 g/mol. The standard InChI is InChI=1S/C32H37ClFN3O6/c1-36-18-24(23-7-3-4-8-27(23)36)30(39)35-26-14-11-21(17-25(26)33)28(34)29(38)32(19-42-2,37-15-5-6-16-37)43-22-12-9-20(10-13-22)31(40)41/h3-4,7-8,11,14,17-18,20,22,28H,5-6,9-10,12-13,15-16,19H2,1-2H3,(H,35,39)(H,40,41). The number of aromatic nitrogens is 1. The van der Waals surface area contributed by atoms with E-state index in [-0.39, 0.29) is 28.8 Å². The number of amides is 1. The zero-order chi connectivity index (χ0) is 30.7. The number of hydrogen-bond donors (Lipinski definition) is 2. The highest BCUT2D eigenvalue weighted by Crippen LogP contribution is 2.38. The molecule has 230 valence electrons. The molecular formula is C32H37ClFN3O6. The number of carbonyl (C=O) groups excluding carboxylic acids is 2. The highest BCUT2D eigenvalue weighted by atomic mass is 35.5. The van der Waals surface area contributed by atoms with E-state index in [9.17, 15) is 19.5 Å². The van der Waals surface area contributed by atoms with Crippen LogP contribution in [0, 0.1) is 5.92 Å². The molecule has 1 aliphatic carbocycles. The van der Waals surface area contributed by atoms with Gasteiger partial charge in [0.05, 0.1) is 34.9 Å². The van der Waals surface area contributed by atoms with Gasteiger partial charge in [-0.2, -0.15) is 0 Å². The molecule has 0 radical (unpaired) electrons. The molecule has 2 aliphatic rings. The molecule has 2 unspecified atom stereocenters. The van der Waals surface area contributed by atoms with E-state index in [4.69, 9.17) is 21.1 Å². The highest BCUT2D eigenvalue weighted by Gasteiger charge is 2.51. The Morgan fingerprint density at radius 3 is 2.47 bits per heavy atom. The third-order valence-electron chi connectivity index (χ3n) is 8.63. The van der Waals surface area contributed by atoms with E-state index in [1.54, 1.807) is 6.20 Å². The second-order valence-corrected chi connectivity index (χ2v) is 11.8. The summed E-state index contributed by atoms with van der Waals surface area (Å²) in [7, 11) is 3.30. The van der Waals surface area contributed by atoms with Crippen molar-refractivity contribution in [2.24, 2.45) is 13.0 Å². The number of fused-ring (bicyclic) bond motifs is 1. The molecule has 1 amide bonds. The summed E-state index contributed by atoms with van der Waals surface area (Å²) >= 11 is 6.52. The number of aliphatic carboxylic acids is 1. The number of nitrogens with zero attached hydrogens (tertiary/aromatic N) is 2. The SMILES string of the molecule is COCC(OC1CCC(C(=O)O)CC1)(C(=O)C(F)c1ccc(NC(=O)c2cn(C)c3ccccc23)c(Cl)c1)N1CCCC1. The molecule has 2 N–H and O–H groups in total. The number of carboxylic acid groups (broad SMARTS) is 1. The summed E-state index contributed by atoms with van der Waals surface area (Å²) in [5.74, 6) is -2.44. The summed E-state index contributed by atoms with van der Waals surface area (Å²) in [4.78, 5) is 40.5. The second-order valence-electron chi connectivity index (χ2n) is 11.4. The average molecular weight is 614 g/mol. The molecular weight excluding hydrogens is 577 g/mol. The van der Waals surface area contributed by atoms with Gasteiger partial charge in [0.2, 0.25) is 11.5 Å². The van der Waals surface area contributed by atoms with Crippen molar-refractivity contribution in [3.8, 4) is 0 Å². The number of methoxy groups -OCH3 is 1. The molecule has 2 heterocycles. The number of halogens is 2. The Balaban J connectivity index is 1.36. The van der Waals surface area contributed by atoms with Gasteiger partial charge in [0.25, 0.3) is 5.91 Å². The fraction of sp³-hybridized carbons (Fsp3) is 0.469. The number of likely N-dealkylation sites (tertiary alicyclic amines) is 1. The number of ether oxygens (including phenoxy) is 2. The Bertz CT molecular complexity index is 1500. The van der Waals surface area contributed by atoms with Crippen LogP contribution in [0.25, 0.3) is 10.9 Å². The summed E-state index contributed by atoms with van der Waals surface area (Å²) in [6.07, 6.45) is 2.69. The van der Waals surface area contributed by atoms with Gasteiger partial charge in [-0.3, -0.25) is 19.3 Å². The Kier molecular flexibility index (Phi) is 9.51. The van der Waals surface area contributed by atoms with Gasteiger partial charge >= 0.3 is 5.97 Å². The Morgan fingerprint density at radius 2 is 1.81 bits per heavy atom. The number of anilines is 1. The number of aryl methyl sites for hydroxylation is 1. The predicted molar refractivity (Wildman–Crippen MR) is 161 cm³/mol. The van der Waals surface area contributed by atoms with Crippen molar-refractivity contribution in [3.05, 3.63) is 64.8 Å². The quantitative estimate of drug-likeness (QED) is 0.283. The van der Waals surface area contributed by atoms with E-state index in [2.05, 4.69) is 5.32 Å². The van der Waals surface area contributed by atoms with Crippen LogP contribution in [0.3, 0.4) is 0 Å². The van der Waals surface area contributed by atoms with Crippen molar-refractivity contribution in [1.82, 2.24) is 9.47 Å². The zero-order valence-corrected chi connectivity index (χ0v) is 25.1. The molecule has 2 atom stereocenters. The van der Waals surface area contributed by atoms with Gasteiger partial charge in [0.1, 0.15) is 0 Å². The van der Waals surface area contributed by atoms with E-state index in [1.165, 1.54) is 25.3 Å². The van der Waals surface area contributed by atoms with Crippen molar-refractivity contribution < 1.29 is 33.4 Å². The third kappa shape index (κ3) is 6.33. The molecule has 1 aliphatic heterocycles. The number of ketones is 1. The van der Waals surface area contributed by atoms with Crippen LogP contribution in [0.5, 0.6) is 0 Å². The van der Waals surface area contributed by atoms with Crippen molar-refractivity contribution in [3.63, 3.8) is 0 Å². The molecule has 43 heavy (non-hydrogen) atoms. The van der Waals surface area contributed by atoms with Crippen LogP contribution in [0.2, 0.25) is 5.02 Å². The highest BCUT2D eigenvalue weighted by molar-refractivity contribution is 6.34. The van der Waals surface area contributed by atoms with Crippen molar-refractivity contribution in [1.29, 1.82) is 0 Å². The maximum Gasteiger partial charge on any atom is 0.306 e. The third-order valence-corrected chi connectivity index (χ3v) is 8.95. The number of hydrogen-bond acceptors (Lipinski definition) is 6. The topological polar surface area (TPSA) is 110 Å². The molecule has 2 aromatic carbocycles. The summed E-state index contributed by atoms with van der Waals surface area (Å²) < 4.78 is 30.0. The lowest BCUT2D eigenvalue weighted by molar-refractivity contribution is -0.215. The number of alkyl halides is 1. The van der Waals surface area contributed by atoms with Crippen molar-refractivity contribution in [2.75, 3.05) is 32.1 Å². The summed E-state index contributed by atoms with van der Waals surface area (Å²) in [6, 6.07) is 11.8. The predicted octanol–water partition coefficient (Wildman–Crippen LogP) is 5.76. The van der Waals surface area contributed by atoms with Crippen LogP contribution >= 0.6 is 11.6 Å². The van der Waals surface area contributed by atoms with Gasteiger partial charge < -0.3 is 24.5 Å². The summed E-state index contributed by atoms with van der Waals surface area (Å²) in [5.41, 5.74) is 0.0380. The lowest BCUT2D eigenvalue weighted by Crippen LogP contribution is -2.61. The van der Waals surface area contributed by atoms with E-state index in [1.807, 2.05) is 40.8 Å². The molecule has 1 saturated heterocycles. The van der Waals surface area contributed by atoms with Crippen LogP contribution in [-0.4, -0.2) is 70.9 Å². The first-order valence-electron chi connectivity index (χ1n) is 14.6. The fourth-order valence-corrected chi connectivity index (χ4v) is 6.55. The van der Waals surface area contributed by atoms with Gasteiger partial charge in [-0.15, -0.1) is 0 Å². The first kappa shape index (κ1) is 31.1. The van der Waals surface area contributed by atoms with Crippen LogP contribution in [0.4, 0.5) is 10.1 Å². The molecule has 5 rings (SSSR count). The van der Waals surface area contributed by atoms with Crippen molar-refractivity contribution in [2.45, 2.75) is 56.5 Å². The first-order chi connectivity index (χ1) is 20.6. The molecule has 2 fully saturated rings. The Labute approximate surface area is 254 Å². The van der Waals surface area contributed by atoms with Crippen LogP contribution in [-0.2, 0) is 26.1 Å². The minimum atomic E-state index is -2.08. The molecule has 1 saturated carbocycles. The maximum absolute atomic E-state index is 16.2. The summed E-state index contributed by atoms with van der Waals surface area (Å²) in [5, 5.41) is 13.1. The maximum atomic E-state index is 16.2. The second kappa shape index (κ2) is 13.1. The van der Waals surface area contributed by atoms with Crippen molar-refractivity contribution >= 4 is 45.9 Å². The van der Waals surface area contributed by atoms with Gasteiger partial charge in [-0.05, 0) is 62.3 Å². The van der Waals surface area contributed by atoms with Gasteiger partial charge in [-0.1, -0.05) is 35.9 Å². The van der Waals surface area contributed by atoms with Gasteiger partial charge in [-0.25, -0.2) is 4.39 Å². The molecule has 3 aromatic rings. The number of rotatable bonds is 11. The largest absolute Gasteiger partial charge is 0.481 e. The number of Topliss-reactive ketones (excluding diaryl/α,β-unsaturated/α-hetero) is 1. The normalized spacial score (nSPS) is 21.4. The number of carboxylic acids is 1. The van der Waals surface area contributed by atoms with E-state index in [0.29, 0.717) is 44.3 Å². The minimum absolute atomic E-state index is 0.0380.